The third-order valence-electron chi connectivity index (χ3n) is 4.47. The molecule has 0 fully saturated rings. The Morgan fingerprint density at radius 3 is 2.00 bits per heavy atom. The van der Waals surface area contributed by atoms with Crippen molar-refractivity contribution in [2.24, 2.45) is 0 Å². The maximum atomic E-state index is 12.4. The summed E-state index contributed by atoms with van der Waals surface area (Å²) in [5.41, 5.74) is 1.37. The average Bonchev–Trinajstić information content (AvgIpc) is 2.72. The molecule has 7 heteroatoms. The van der Waals surface area contributed by atoms with Gasteiger partial charge in [0.25, 0.3) is 5.91 Å². The predicted octanol–water partition coefficient (Wildman–Crippen LogP) is 3.10. The summed E-state index contributed by atoms with van der Waals surface area (Å²) in [4.78, 5) is 24.6. The molecule has 0 aromatic heterocycles. The Hall–Kier alpha value is -3.22. The molecule has 0 aliphatic carbocycles. The van der Waals surface area contributed by atoms with Crippen molar-refractivity contribution in [3.8, 4) is 17.2 Å². The molecule has 2 unspecified atom stereocenters. The Balaban J connectivity index is 1.98. The minimum atomic E-state index is -0.310. The number of hydrogen-bond acceptors (Lipinski definition) is 5. The molecule has 7 nitrogen and oxygen atoms in total. The standard InChI is InChI=1S/C22H28N2O5/c1-14(23-22(26)16-9-7-6-8-10-16)11-20(25)24-15(2)17-12-18(27-3)21(29-5)19(13-17)28-4/h6-10,12-15H,11H2,1-5H3,(H,23,26)(H,24,25). The molecule has 0 spiro atoms. The lowest BCUT2D eigenvalue weighted by Gasteiger charge is -2.20. The van der Waals surface area contributed by atoms with Gasteiger partial charge >= 0.3 is 0 Å². The second kappa shape index (κ2) is 10.4. The summed E-state index contributed by atoms with van der Waals surface area (Å²) in [6.45, 7) is 3.66. The van der Waals surface area contributed by atoms with E-state index in [4.69, 9.17) is 14.2 Å². The van der Waals surface area contributed by atoms with Gasteiger partial charge in [-0.2, -0.15) is 0 Å². The van der Waals surface area contributed by atoms with Gasteiger partial charge in [0.05, 0.1) is 27.4 Å². The molecule has 0 saturated carbocycles. The van der Waals surface area contributed by atoms with Crippen molar-refractivity contribution in [2.45, 2.75) is 32.4 Å². The number of benzene rings is 2. The minimum absolute atomic E-state index is 0.160. The first kappa shape index (κ1) is 22.1. The fourth-order valence-electron chi connectivity index (χ4n) is 2.96. The van der Waals surface area contributed by atoms with Crippen LogP contribution in [0.1, 0.15) is 42.2 Å². The number of nitrogens with one attached hydrogen (secondary N) is 2. The van der Waals surface area contributed by atoms with Crippen LogP contribution in [0, 0.1) is 0 Å². The monoisotopic (exact) mass is 400 g/mol. The first-order valence-corrected chi connectivity index (χ1v) is 9.34. The second-order valence-corrected chi connectivity index (χ2v) is 6.69. The van der Waals surface area contributed by atoms with E-state index in [9.17, 15) is 9.59 Å². The lowest BCUT2D eigenvalue weighted by molar-refractivity contribution is -0.122. The van der Waals surface area contributed by atoms with Crippen molar-refractivity contribution in [3.63, 3.8) is 0 Å². The summed E-state index contributed by atoms with van der Waals surface area (Å²) in [5, 5.41) is 5.77. The maximum absolute atomic E-state index is 12.4. The molecular weight excluding hydrogens is 372 g/mol. The van der Waals surface area contributed by atoms with E-state index in [1.165, 1.54) is 7.11 Å². The topological polar surface area (TPSA) is 85.9 Å². The van der Waals surface area contributed by atoms with Crippen LogP contribution in [0.4, 0.5) is 0 Å². The van der Waals surface area contributed by atoms with Gasteiger partial charge in [0.1, 0.15) is 0 Å². The van der Waals surface area contributed by atoms with Crippen molar-refractivity contribution >= 4 is 11.8 Å². The van der Waals surface area contributed by atoms with Gasteiger partial charge in [-0.25, -0.2) is 0 Å². The molecule has 0 saturated heterocycles. The van der Waals surface area contributed by atoms with Gasteiger partial charge < -0.3 is 24.8 Å². The highest BCUT2D eigenvalue weighted by Gasteiger charge is 2.19. The second-order valence-electron chi connectivity index (χ2n) is 6.69. The lowest BCUT2D eigenvalue weighted by atomic mass is 10.1. The van der Waals surface area contributed by atoms with E-state index in [2.05, 4.69) is 10.6 Å². The van der Waals surface area contributed by atoms with Crippen LogP contribution < -0.4 is 24.8 Å². The molecule has 0 bridgehead atoms. The zero-order valence-corrected chi connectivity index (χ0v) is 17.4. The van der Waals surface area contributed by atoms with E-state index in [0.29, 0.717) is 22.8 Å². The number of carbonyl (C=O) groups excluding carboxylic acids is 2. The van der Waals surface area contributed by atoms with Crippen LogP contribution >= 0.6 is 0 Å². The van der Waals surface area contributed by atoms with E-state index < -0.39 is 0 Å². The Bertz CT molecular complexity index is 813. The Morgan fingerprint density at radius 1 is 0.897 bits per heavy atom. The number of amides is 2. The summed E-state index contributed by atoms with van der Waals surface area (Å²) in [7, 11) is 4.62. The van der Waals surface area contributed by atoms with E-state index in [0.717, 1.165) is 5.56 Å². The Kier molecular flexibility index (Phi) is 7.88. The molecule has 0 aliphatic heterocycles. The van der Waals surface area contributed by atoms with Crippen LogP contribution in [0.25, 0.3) is 0 Å². The van der Waals surface area contributed by atoms with Crippen molar-refractivity contribution < 1.29 is 23.8 Å². The number of ether oxygens (including phenoxy) is 3. The molecule has 2 N–H and O–H groups in total. The number of hydrogen-bond donors (Lipinski definition) is 2. The highest BCUT2D eigenvalue weighted by Crippen LogP contribution is 2.39. The molecular formula is C22H28N2O5. The van der Waals surface area contributed by atoms with Crippen LogP contribution in [0.5, 0.6) is 17.2 Å². The average molecular weight is 400 g/mol. The largest absolute Gasteiger partial charge is 0.493 e. The van der Waals surface area contributed by atoms with E-state index >= 15 is 0 Å². The lowest BCUT2D eigenvalue weighted by Crippen LogP contribution is -2.38. The van der Waals surface area contributed by atoms with Crippen molar-refractivity contribution in [3.05, 3.63) is 53.6 Å². The van der Waals surface area contributed by atoms with Gasteiger partial charge in [-0.05, 0) is 43.7 Å². The minimum Gasteiger partial charge on any atom is -0.493 e. The zero-order chi connectivity index (χ0) is 21.4. The maximum Gasteiger partial charge on any atom is 0.251 e. The van der Waals surface area contributed by atoms with Gasteiger partial charge in [0, 0.05) is 18.0 Å². The zero-order valence-electron chi connectivity index (χ0n) is 17.4. The first-order chi connectivity index (χ1) is 13.9. The Morgan fingerprint density at radius 2 is 1.48 bits per heavy atom. The van der Waals surface area contributed by atoms with Gasteiger partial charge in [0.2, 0.25) is 11.7 Å². The molecule has 2 aromatic carbocycles. The SMILES string of the molecule is COc1cc(C(C)NC(=O)CC(C)NC(=O)c2ccccc2)cc(OC)c1OC. The smallest absolute Gasteiger partial charge is 0.251 e. The molecule has 2 rings (SSSR count). The Labute approximate surface area is 171 Å². The van der Waals surface area contributed by atoms with Gasteiger partial charge in [-0.1, -0.05) is 18.2 Å². The number of rotatable bonds is 9. The summed E-state index contributed by atoms with van der Waals surface area (Å²) >= 11 is 0. The van der Waals surface area contributed by atoms with Crippen molar-refractivity contribution in [1.29, 1.82) is 0 Å². The number of carbonyl (C=O) groups is 2. The van der Waals surface area contributed by atoms with Crippen molar-refractivity contribution in [1.82, 2.24) is 10.6 Å². The molecule has 0 radical (unpaired) electrons. The molecule has 2 atom stereocenters. The van der Waals surface area contributed by atoms with E-state index in [1.54, 1.807) is 57.5 Å². The fourth-order valence-corrected chi connectivity index (χ4v) is 2.96. The predicted molar refractivity (Wildman–Crippen MR) is 111 cm³/mol. The molecule has 0 aliphatic rings. The number of methoxy groups -OCH3 is 3. The highest BCUT2D eigenvalue weighted by atomic mass is 16.5. The summed E-state index contributed by atoms with van der Waals surface area (Å²) in [6.07, 6.45) is 0.160. The molecule has 2 aromatic rings. The fraction of sp³-hybridized carbons (Fsp3) is 0.364. The van der Waals surface area contributed by atoms with Gasteiger partial charge in [-0.15, -0.1) is 0 Å². The van der Waals surface area contributed by atoms with Crippen LogP contribution in [-0.2, 0) is 4.79 Å². The van der Waals surface area contributed by atoms with Crippen LogP contribution in [0.3, 0.4) is 0 Å². The summed E-state index contributed by atoms with van der Waals surface area (Å²) in [6, 6.07) is 11.9. The van der Waals surface area contributed by atoms with Gasteiger partial charge in [0.15, 0.2) is 11.5 Å². The van der Waals surface area contributed by atoms with E-state index in [-0.39, 0.29) is 30.3 Å². The van der Waals surface area contributed by atoms with Crippen LogP contribution in [0.2, 0.25) is 0 Å². The van der Waals surface area contributed by atoms with Crippen LogP contribution in [0.15, 0.2) is 42.5 Å². The van der Waals surface area contributed by atoms with Gasteiger partial charge in [-0.3, -0.25) is 9.59 Å². The molecule has 0 heterocycles. The third kappa shape index (κ3) is 5.88. The normalized spacial score (nSPS) is 12.4. The van der Waals surface area contributed by atoms with Crippen LogP contribution in [-0.4, -0.2) is 39.2 Å². The quantitative estimate of drug-likeness (QED) is 0.676. The summed E-state index contributed by atoms with van der Waals surface area (Å²) in [5.74, 6) is 1.16. The molecule has 29 heavy (non-hydrogen) atoms. The first-order valence-electron chi connectivity index (χ1n) is 9.34. The molecule has 156 valence electrons. The molecule has 2 amide bonds. The van der Waals surface area contributed by atoms with Crippen molar-refractivity contribution in [2.75, 3.05) is 21.3 Å². The highest BCUT2D eigenvalue weighted by molar-refractivity contribution is 5.94. The summed E-state index contributed by atoms with van der Waals surface area (Å²) < 4.78 is 16.0. The third-order valence-corrected chi connectivity index (χ3v) is 4.47. The van der Waals surface area contributed by atoms with E-state index in [1.807, 2.05) is 13.0 Å².